The lowest BCUT2D eigenvalue weighted by molar-refractivity contribution is 0.0946. The Labute approximate surface area is 134 Å². The van der Waals surface area contributed by atoms with E-state index in [1.807, 2.05) is 35.0 Å². The smallest absolute Gasteiger partial charge is 0.251 e. The van der Waals surface area contributed by atoms with Gasteiger partial charge in [0.1, 0.15) is 5.82 Å². The fourth-order valence-electron chi connectivity index (χ4n) is 3.08. The van der Waals surface area contributed by atoms with Crippen LogP contribution in [0.4, 0.5) is 0 Å². The predicted octanol–water partition coefficient (Wildman–Crippen LogP) is 3.13. The van der Waals surface area contributed by atoms with Crippen LogP contribution in [0.2, 0.25) is 0 Å². The molecule has 2 heterocycles. The van der Waals surface area contributed by atoms with Crippen LogP contribution in [0.5, 0.6) is 0 Å². The van der Waals surface area contributed by atoms with E-state index in [2.05, 4.69) is 35.4 Å². The van der Waals surface area contributed by atoms with E-state index >= 15 is 0 Å². The van der Waals surface area contributed by atoms with Crippen molar-refractivity contribution in [2.75, 3.05) is 6.54 Å². The van der Waals surface area contributed by atoms with Gasteiger partial charge in [-0.1, -0.05) is 30.3 Å². The average molecular weight is 303 g/mol. The van der Waals surface area contributed by atoms with Crippen LogP contribution in [0.25, 0.3) is 17.1 Å². The van der Waals surface area contributed by atoms with Crippen LogP contribution in [-0.4, -0.2) is 22.0 Å². The molecule has 114 valence electrons. The highest BCUT2D eigenvalue weighted by atomic mass is 16.1. The van der Waals surface area contributed by atoms with Crippen molar-refractivity contribution < 1.29 is 4.79 Å². The summed E-state index contributed by atoms with van der Waals surface area (Å²) >= 11 is 0. The number of rotatable bonds is 2. The highest BCUT2D eigenvalue weighted by Gasteiger charge is 2.18. The maximum absolute atomic E-state index is 12.1. The Kier molecular flexibility index (Phi) is 3.23. The van der Waals surface area contributed by atoms with Gasteiger partial charge in [-0.2, -0.15) is 0 Å². The number of carbonyl (C=O) groups excluding carboxylic acids is 1. The van der Waals surface area contributed by atoms with Crippen molar-refractivity contribution >= 4 is 5.91 Å². The highest BCUT2D eigenvalue weighted by Crippen LogP contribution is 2.26. The van der Waals surface area contributed by atoms with Crippen molar-refractivity contribution in [2.24, 2.45) is 0 Å². The Morgan fingerprint density at radius 1 is 1.13 bits per heavy atom. The van der Waals surface area contributed by atoms with Crippen LogP contribution >= 0.6 is 0 Å². The number of fused-ring (bicyclic) bond motifs is 1. The number of aromatic nitrogens is 2. The maximum Gasteiger partial charge on any atom is 0.251 e. The second-order valence-corrected chi connectivity index (χ2v) is 5.78. The molecular formula is C19H17N3O. The Morgan fingerprint density at radius 2 is 2.00 bits per heavy atom. The van der Waals surface area contributed by atoms with Gasteiger partial charge in [-0.25, -0.2) is 4.98 Å². The molecule has 0 saturated carbocycles. The summed E-state index contributed by atoms with van der Waals surface area (Å²) in [6.45, 7) is 2.79. The number of aryl methyl sites for hydroxylation is 1. The number of hydrogen-bond acceptors (Lipinski definition) is 2. The van der Waals surface area contributed by atoms with Gasteiger partial charge in [0.05, 0.1) is 0 Å². The van der Waals surface area contributed by atoms with Crippen LogP contribution in [-0.2, 0) is 6.42 Å². The fraction of sp³-hybridized carbons (Fsp3) is 0.158. The molecule has 1 N–H and O–H groups in total. The molecule has 4 rings (SSSR count). The van der Waals surface area contributed by atoms with Crippen LogP contribution in [0.1, 0.15) is 21.5 Å². The van der Waals surface area contributed by atoms with Gasteiger partial charge in [-0.3, -0.25) is 9.36 Å². The topological polar surface area (TPSA) is 46.9 Å². The van der Waals surface area contributed by atoms with E-state index in [0.29, 0.717) is 6.54 Å². The molecule has 0 spiro atoms. The third kappa shape index (κ3) is 2.32. The Hall–Kier alpha value is -2.88. The first-order valence-electron chi connectivity index (χ1n) is 7.75. The summed E-state index contributed by atoms with van der Waals surface area (Å²) in [7, 11) is 0. The molecule has 2 aromatic carbocycles. The molecule has 0 atom stereocenters. The quantitative estimate of drug-likeness (QED) is 0.790. The van der Waals surface area contributed by atoms with E-state index in [0.717, 1.165) is 34.6 Å². The Bertz CT molecular complexity index is 895. The first kappa shape index (κ1) is 13.8. The molecule has 0 aliphatic carbocycles. The van der Waals surface area contributed by atoms with E-state index in [9.17, 15) is 4.79 Å². The molecule has 4 heteroatoms. The minimum atomic E-state index is 0.00524. The van der Waals surface area contributed by atoms with E-state index in [4.69, 9.17) is 0 Å². The number of hydrogen-bond donors (Lipinski definition) is 1. The van der Waals surface area contributed by atoms with Crippen molar-refractivity contribution in [3.05, 3.63) is 71.5 Å². The van der Waals surface area contributed by atoms with Gasteiger partial charge in [0.2, 0.25) is 0 Å². The molecule has 1 aliphatic rings. The third-order valence-electron chi connectivity index (χ3n) is 4.32. The SMILES string of the molecule is Cc1ccccc1-c1nccn1-c1ccc2c(c1)C(=O)NCC2. The second kappa shape index (κ2) is 5.39. The fourth-order valence-corrected chi connectivity index (χ4v) is 3.08. The summed E-state index contributed by atoms with van der Waals surface area (Å²) in [5.74, 6) is 0.893. The number of amides is 1. The summed E-state index contributed by atoms with van der Waals surface area (Å²) in [5, 5.41) is 2.90. The molecule has 0 saturated heterocycles. The standard InChI is InChI=1S/C19H17N3O/c1-13-4-2-3-5-16(13)18-20-10-11-22(18)15-7-6-14-8-9-21-19(23)17(14)12-15/h2-7,10-12H,8-9H2,1H3,(H,21,23). The normalized spacial score (nSPS) is 13.5. The summed E-state index contributed by atoms with van der Waals surface area (Å²) in [6, 6.07) is 14.2. The molecule has 23 heavy (non-hydrogen) atoms. The molecule has 0 unspecified atom stereocenters. The van der Waals surface area contributed by atoms with E-state index in [1.165, 1.54) is 5.56 Å². The molecule has 0 radical (unpaired) electrons. The summed E-state index contributed by atoms with van der Waals surface area (Å²) in [4.78, 5) is 16.6. The van der Waals surface area contributed by atoms with Crippen LogP contribution in [0, 0.1) is 6.92 Å². The number of imidazole rings is 1. The zero-order valence-corrected chi connectivity index (χ0v) is 12.9. The third-order valence-corrected chi connectivity index (χ3v) is 4.32. The van der Waals surface area contributed by atoms with Crippen LogP contribution in [0.15, 0.2) is 54.9 Å². The van der Waals surface area contributed by atoms with Crippen molar-refractivity contribution in [1.82, 2.24) is 14.9 Å². The highest BCUT2D eigenvalue weighted by molar-refractivity contribution is 5.97. The molecule has 4 nitrogen and oxygen atoms in total. The second-order valence-electron chi connectivity index (χ2n) is 5.78. The number of nitrogens with one attached hydrogen (secondary N) is 1. The molecule has 1 aromatic heterocycles. The van der Waals surface area contributed by atoms with Gasteiger partial charge in [0, 0.05) is 35.8 Å². The zero-order valence-electron chi connectivity index (χ0n) is 12.9. The van der Waals surface area contributed by atoms with Gasteiger partial charge in [0.15, 0.2) is 0 Å². The lowest BCUT2D eigenvalue weighted by Gasteiger charge is -2.18. The predicted molar refractivity (Wildman–Crippen MR) is 89.8 cm³/mol. The van der Waals surface area contributed by atoms with Crippen molar-refractivity contribution in [2.45, 2.75) is 13.3 Å². The zero-order chi connectivity index (χ0) is 15.8. The molecule has 1 aliphatic heterocycles. The number of benzene rings is 2. The van der Waals surface area contributed by atoms with Crippen LogP contribution in [0.3, 0.4) is 0 Å². The molecule has 0 fully saturated rings. The molecule has 3 aromatic rings. The van der Waals surface area contributed by atoms with E-state index in [1.54, 1.807) is 6.20 Å². The first-order valence-corrected chi connectivity index (χ1v) is 7.75. The lowest BCUT2D eigenvalue weighted by Crippen LogP contribution is -2.31. The van der Waals surface area contributed by atoms with E-state index < -0.39 is 0 Å². The van der Waals surface area contributed by atoms with Crippen molar-refractivity contribution in [3.8, 4) is 17.1 Å². The molecule has 0 bridgehead atoms. The van der Waals surface area contributed by atoms with Gasteiger partial charge in [-0.05, 0) is 36.6 Å². The van der Waals surface area contributed by atoms with Gasteiger partial charge < -0.3 is 5.32 Å². The number of carbonyl (C=O) groups is 1. The van der Waals surface area contributed by atoms with Crippen LogP contribution < -0.4 is 5.32 Å². The monoisotopic (exact) mass is 303 g/mol. The number of nitrogens with zero attached hydrogens (tertiary/aromatic N) is 2. The Balaban J connectivity index is 1.84. The van der Waals surface area contributed by atoms with Gasteiger partial charge >= 0.3 is 0 Å². The minimum absolute atomic E-state index is 0.00524. The Morgan fingerprint density at radius 3 is 2.87 bits per heavy atom. The molecule has 1 amide bonds. The maximum atomic E-state index is 12.1. The minimum Gasteiger partial charge on any atom is -0.352 e. The van der Waals surface area contributed by atoms with E-state index in [-0.39, 0.29) is 5.91 Å². The average Bonchev–Trinajstić information content (AvgIpc) is 3.05. The van der Waals surface area contributed by atoms with Gasteiger partial charge in [-0.15, -0.1) is 0 Å². The van der Waals surface area contributed by atoms with Crippen molar-refractivity contribution in [1.29, 1.82) is 0 Å². The summed E-state index contributed by atoms with van der Waals surface area (Å²) in [6.07, 6.45) is 4.61. The lowest BCUT2D eigenvalue weighted by atomic mass is 9.99. The summed E-state index contributed by atoms with van der Waals surface area (Å²) < 4.78 is 2.03. The first-order chi connectivity index (χ1) is 11.2. The van der Waals surface area contributed by atoms with Crippen molar-refractivity contribution in [3.63, 3.8) is 0 Å². The summed E-state index contributed by atoms with van der Waals surface area (Å²) in [5.41, 5.74) is 5.10. The largest absolute Gasteiger partial charge is 0.352 e. The molecular weight excluding hydrogens is 286 g/mol. The van der Waals surface area contributed by atoms with Gasteiger partial charge in [0.25, 0.3) is 5.91 Å².